The predicted molar refractivity (Wildman–Crippen MR) is 114 cm³/mol. The van der Waals surface area contributed by atoms with Crippen LogP contribution in [0, 0.1) is 0 Å². The molecular weight excluding hydrogens is 446 g/mol. The zero-order valence-corrected chi connectivity index (χ0v) is 19.1. The molecule has 3 rings (SSSR count). The SMILES string of the molecule is CCC(COc1ccc2nc(C(=O)NC3(C)CCS(=O)(=O)CC3)n(C)c2n1)OCC(F)F. The summed E-state index contributed by atoms with van der Waals surface area (Å²) in [5, 5.41) is 2.91. The Kier molecular flexibility index (Phi) is 7.33. The fourth-order valence-electron chi connectivity index (χ4n) is 3.45. The van der Waals surface area contributed by atoms with E-state index in [1.165, 1.54) is 4.57 Å². The fourth-order valence-corrected chi connectivity index (χ4v) is 5.17. The summed E-state index contributed by atoms with van der Waals surface area (Å²) in [5.41, 5.74) is 0.281. The highest BCUT2D eigenvalue weighted by Gasteiger charge is 2.35. The van der Waals surface area contributed by atoms with Crippen LogP contribution in [0.25, 0.3) is 11.2 Å². The van der Waals surface area contributed by atoms with E-state index in [1.54, 1.807) is 19.2 Å². The smallest absolute Gasteiger partial charge is 0.287 e. The molecule has 1 saturated heterocycles. The number of nitrogens with one attached hydrogen (secondary N) is 1. The molecule has 0 aromatic carbocycles. The van der Waals surface area contributed by atoms with Crippen molar-refractivity contribution in [3.8, 4) is 5.88 Å². The maximum absolute atomic E-state index is 12.9. The predicted octanol–water partition coefficient (Wildman–Crippen LogP) is 2.10. The molecule has 0 radical (unpaired) electrons. The highest BCUT2D eigenvalue weighted by atomic mass is 32.2. The molecule has 1 aliphatic heterocycles. The summed E-state index contributed by atoms with van der Waals surface area (Å²) in [7, 11) is -1.40. The van der Waals surface area contributed by atoms with Gasteiger partial charge in [-0.3, -0.25) is 4.79 Å². The van der Waals surface area contributed by atoms with Gasteiger partial charge in [0.25, 0.3) is 12.3 Å². The second kappa shape index (κ2) is 9.65. The van der Waals surface area contributed by atoms with Crippen molar-refractivity contribution in [1.29, 1.82) is 0 Å². The molecule has 1 aliphatic rings. The average Bonchev–Trinajstić information content (AvgIpc) is 3.07. The summed E-state index contributed by atoms with van der Waals surface area (Å²) >= 11 is 0. The molecule has 0 bridgehead atoms. The van der Waals surface area contributed by atoms with E-state index >= 15 is 0 Å². The van der Waals surface area contributed by atoms with E-state index in [4.69, 9.17) is 9.47 Å². The molecule has 0 aliphatic carbocycles. The molecule has 0 spiro atoms. The van der Waals surface area contributed by atoms with Gasteiger partial charge in [-0.15, -0.1) is 0 Å². The number of sulfone groups is 1. The number of imidazole rings is 1. The number of nitrogens with zero attached hydrogens (tertiary/aromatic N) is 3. The van der Waals surface area contributed by atoms with Crippen molar-refractivity contribution in [2.24, 2.45) is 7.05 Å². The zero-order chi connectivity index (χ0) is 23.5. The van der Waals surface area contributed by atoms with E-state index in [1.807, 2.05) is 13.8 Å². The molecule has 12 heteroatoms. The molecule has 1 fully saturated rings. The number of rotatable bonds is 9. The first-order valence-corrected chi connectivity index (χ1v) is 12.2. The van der Waals surface area contributed by atoms with Crippen LogP contribution < -0.4 is 10.1 Å². The molecule has 32 heavy (non-hydrogen) atoms. The van der Waals surface area contributed by atoms with E-state index in [2.05, 4.69) is 15.3 Å². The second-order valence-corrected chi connectivity index (χ2v) is 10.5. The summed E-state index contributed by atoms with van der Waals surface area (Å²) in [4.78, 5) is 21.6. The number of carbonyl (C=O) groups is 1. The minimum absolute atomic E-state index is 0.0361. The number of fused-ring (bicyclic) bond motifs is 1. The number of amides is 1. The van der Waals surface area contributed by atoms with Crippen LogP contribution in [0.5, 0.6) is 5.88 Å². The van der Waals surface area contributed by atoms with E-state index in [0.29, 0.717) is 30.4 Å². The average molecular weight is 475 g/mol. The molecule has 1 atom stereocenters. The normalized spacial score (nSPS) is 18.6. The molecule has 1 N–H and O–H groups in total. The van der Waals surface area contributed by atoms with Crippen LogP contribution in [0.4, 0.5) is 8.78 Å². The van der Waals surface area contributed by atoms with E-state index < -0.39 is 40.4 Å². The number of alkyl halides is 2. The van der Waals surface area contributed by atoms with Gasteiger partial charge in [0, 0.05) is 18.7 Å². The Balaban J connectivity index is 1.69. The van der Waals surface area contributed by atoms with Crippen molar-refractivity contribution in [3.05, 3.63) is 18.0 Å². The topological polar surface area (TPSA) is 112 Å². The van der Waals surface area contributed by atoms with Crippen molar-refractivity contribution in [1.82, 2.24) is 19.9 Å². The summed E-state index contributed by atoms with van der Waals surface area (Å²) in [5.74, 6) is 0.0612. The third-order valence-electron chi connectivity index (χ3n) is 5.57. The molecule has 2 aromatic heterocycles. The Labute approximate surface area is 185 Å². The van der Waals surface area contributed by atoms with Crippen molar-refractivity contribution >= 4 is 26.9 Å². The summed E-state index contributed by atoms with van der Waals surface area (Å²) < 4.78 is 60.3. The van der Waals surface area contributed by atoms with Crippen LogP contribution >= 0.6 is 0 Å². The Morgan fingerprint density at radius 1 is 1.25 bits per heavy atom. The largest absolute Gasteiger partial charge is 0.475 e. The lowest BCUT2D eigenvalue weighted by molar-refractivity contribution is -0.0410. The van der Waals surface area contributed by atoms with Gasteiger partial charge in [-0.05, 0) is 32.3 Å². The number of carbonyl (C=O) groups excluding carboxylic acids is 1. The van der Waals surface area contributed by atoms with E-state index in [9.17, 15) is 22.0 Å². The molecule has 2 aromatic rings. The van der Waals surface area contributed by atoms with Crippen LogP contribution in [-0.2, 0) is 21.6 Å². The number of hydrogen-bond acceptors (Lipinski definition) is 7. The first-order valence-electron chi connectivity index (χ1n) is 10.4. The Bertz CT molecular complexity index is 1060. The molecule has 178 valence electrons. The van der Waals surface area contributed by atoms with Gasteiger partial charge >= 0.3 is 0 Å². The molecule has 9 nitrogen and oxygen atoms in total. The van der Waals surface area contributed by atoms with Gasteiger partial charge in [0.05, 0.1) is 17.6 Å². The molecule has 1 unspecified atom stereocenters. The number of aromatic nitrogens is 3. The lowest BCUT2D eigenvalue weighted by atomic mass is 9.95. The fraction of sp³-hybridized carbons (Fsp3) is 0.650. The number of hydrogen-bond donors (Lipinski definition) is 1. The highest BCUT2D eigenvalue weighted by molar-refractivity contribution is 7.91. The standard InChI is InChI=1S/C20H28F2N4O5S/c1-4-13(30-12-15(21)22)11-31-16-6-5-14-17(24-16)26(3)18(23-14)19(27)25-20(2)7-9-32(28,29)10-8-20/h5-6,13,15H,4,7-12H2,1-3H3,(H,25,27). The minimum Gasteiger partial charge on any atom is -0.475 e. The van der Waals surface area contributed by atoms with Gasteiger partial charge in [0.15, 0.2) is 5.65 Å². The minimum atomic E-state index is -3.05. The number of pyridine rings is 1. The summed E-state index contributed by atoms with van der Waals surface area (Å²) in [6, 6.07) is 3.24. The van der Waals surface area contributed by atoms with Crippen molar-refractivity contribution < 1.29 is 31.5 Å². The molecule has 3 heterocycles. The van der Waals surface area contributed by atoms with Crippen molar-refractivity contribution in [2.45, 2.75) is 51.2 Å². The number of aryl methyl sites for hydroxylation is 1. The Morgan fingerprint density at radius 3 is 2.56 bits per heavy atom. The monoisotopic (exact) mass is 474 g/mol. The third kappa shape index (κ3) is 5.91. The van der Waals surface area contributed by atoms with Gasteiger partial charge in [-0.25, -0.2) is 22.2 Å². The molecule has 1 amide bonds. The maximum atomic E-state index is 12.9. The van der Waals surface area contributed by atoms with Crippen LogP contribution in [0.15, 0.2) is 12.1 Å². The first-order chi connectivity index (χ1) is 15.0. The van der Waals surface area contributed by atoms with Gasteiger partial charge < -0.3 is 19.4 Å². The van der Waals surface area contributed by atoms with Crippen LogP contribution in [0.1, 0.15) is 43.7 Å². The zero-order valence-electron chi connectivity index (χ0n) is 18.3. The van der Waals surface area contributed by atoms with Gasteiger partial charge in [0.2, 0.25) is 11.7 Å². The van der Waals surface area contributed by atoms with Gasteiger partial charge in [0.1, 0.15) is 28.6 Å². The third-order valence-corrected chi connectivity index (χ3v) is 7.22. The van der Waals surface area contributed by atoms with Crippen LogP contribution in [0.3, 0.4) is 0 Å². The first kappa shape index (κ1) is 24.3. The van der Waals surface area contributed by atoms with Gasteiger partial charge in [-0.1, -0.05) is 6.92 Å². The van der Waals surface area contributed by atoms with E-state index in [-0.39, 0.29) is 29.8 Å². The van der Waals surface area contributed by atoms with Gasteiger partial charge in [-0.2, -0.15) is 4.98 Å². The second-order valence-electron chi connectivity index (χ2n) is 8.22. The quantitative estimate of drug-likeness (QED) is 0.592. The van der Waals surface area contributed by atoms with Crippen molar-refractivity contribution in [3.63, 3.8) is 0 Å². The molecular formula is C20H28F2N4O5S. The number of ether oxygens (including phenoxy) is 2. The number of halogens is 2. The summed E-state index contributed by atoms with van der Waals surface area (Å²) in [6.45, 7) is 3.05. The van der Waals surface area contributed by atoms with Crippen LogP contribution in [0.2, 0.25) is 0 Å². The lowest BCUT2D eigenvalue weighted by Crippen LogP contribution is -2.51. The van der Waals surface area contributed by atoms with Crippen molar-refractivity contribution in [2.75, 3.05) is 24.7 Å². The van der Waals surface area contributed by atoms with E-state index in [0.717, 1.165) is 0 Å². The Morgan fingerprint density at radius 2 is 1.94 bits per heavy atom. The highest BCUT2D eigenvalue weighted by Crippen LogP contribution is 2.24. The molecule has 0 saturated carbocycles. The summed E-state index contributed by atoms with van der Waals surface area (Å²) in [6.07, 6.45) is -1.85. The van der Waals surface area contributed by atoms with Crippen LogP contribution in [-0.4, -0.2) is 71.6 Å². The maximum Gasteiger partial charge on any atom is 0.287 e. The lowest BCUT2D eigenvalue weighted by Gasteiger charge is -2.34. The Hall–Kier alpha value is -2.34.